The highest BCUT2D eigenvalue weighted by molar-refractivity contribution is 7.89. The molecule has 0 bridgehead atoms. The Morgan fingerprint density at radius 2 is 1.74 bits per heavy atom. The van der Waals surface area contributed by atoms with Crippen molar-refractivity contribution in [2.45, 2.75) is 24.7 Å². The van der Waals surface area contributed by atoms with Crippen LogP contribution >= 0.6 is 11.6 Å². The fourth-order valence-corrected chi connectivity index (χ4v) is 4.93. The molecule has 0 saturated carbocycles. The number of ether oxygens (including phenoxy) is 1. The van der Waals surface area contributed by atoms with Gasteiger partial charge >= 0.3 is 5.97 Å². The standard InChI is InChI=1S/C21H21ClN2O6S/c1-14(25)16-6-2-3-7-19(16)23-20(26)13-30-21(27)17-12-15(8-9-18(17)22)31(28,29)24-10-4-5-11-24/h2-3,6-9,12H,4-5,10-11,13H2,1H3,(H,23,26). The van der Waals surface area contributed by atoms with Crippen molar-refractivity contribution >= 4 is 45.0 Å². The molecule has 1 fully saturated rings. The topological polar surface area (TPSA) is 110 Å². The van der Waals surface area contributed by atoms with E-state index in [2.05, 4.69) is 5.32 Å². The minimum absolute atomic E-state index is 0.00713. The van der Waals surface area contributed by atoms with E-state index >= 15 is 0 Å². The van der Waals surface area contributed by atoms with Gasteiger partial charge in [-0.2, -0.15) is 4.31 Å². The molecule has 31 heavy (non-hydrogen) atoms. The highest BCUT2D eigenvalue weighted by atomic mass is 35.5. The maximum absolute atomic E-state index is 12.7. The van der Waals surface area contributed by atoms with Gasteiger partial charge in [-0.25, -0.2) is 13.2 Å². The highest BCUT2D eigenvalue weighted by Crippen LogP contribution is 2.26. The number of nitrogens with one attached hydrogen (secondary N) is 1. The lowest BCUT2D eigenvalue weighted by molar-refractivity contribution is -0.119. The molecule has 0 atom stereocenters. The molecule has 1 aliphatic heterocycles. The summed E-state index contributed by atoms with van der Waals surface area (Å²) in [6.45, 7) is 1.58. The first-order valence-electron chi connectivity index (χ1n) is 9.57. The van der Waals surface area contributed by atoms with Crippen molar-refractivity contribution in [3.05, 3.63) is 58.6 Å². The molecule has 0 aromatic heterocycles. The lowest BCUT2D eigenvalue weighted by Crippen LogP contribution is -2.28. The first kappa shape index (κ1) is 22.9. The van der Waals surface area contributed by atoms with Crippen LogP contribution in [0, 0.1) is 0 Å². The first-order valence-corrected chi connectivity index (χ1v) is 11.4. The van der Waals surface area contributed by atoms with Crippen molar-refractivity contribution in [3.8, 4) is 0 Å². The van der Waals surface area contributed by atoms with Crippen molar-refractivity contribution in [2.75, 3.05) is 25.0 Å². The zero-order chi connectivity index (χ0) is 22.6. The van der Waals surface area contributed by atoms with E-state index in [1.165, 1.54) is 23.4 Å². The molecule has 0 unspecified atom stereocenters. The third-order valence-electron chi connectivity index (χ3n) is 4.78. The van der Waals surface area contributed by atoms with Gasteiger partial charge in [0.1, 0.15) is 0 Å². The van der Waals surface area contributed by atoms with E-state index in [1.807, 2.05) is 0 Å². The third-order valence-corrected chi connectivity index (χ3v) is 7.00. The van der Waals surface area contributed by atoms with Gasteiger partial charge in [0.15, 0.2) is 12.4 Å². The van der Waals surface area contributed by atoms with Crippen molar-refractivity contribution < 1.29 is 27.5 Å². The van der Waals surface area contributed by atoms with Crippen LogP contribution in [0.1, 0.15) is 40.5 Å². The zero-order valence-electron chi connectivity index (χ0n) is 16.8. The van der Waals surface area contributed by atoms with Crippen LogP contribution in [0.15, 0.2) is 47.4 Å². The molecule has 1 heterocycles. The van der Waals surface area contributed by atoms with Crippen LogP contribution in [-0.2, 0) is 19.6 Å². The number of rotatable bonds is 7. The molecule has 3 rings (SSSR count). The van der Waals surface area contributed by atoms with Crippen molar-refractivity contribution in [1.82, 2.24) is 4.31 Å². The number of ketones is 1. The SMILES string of the molecule is CC(=O)c1ccccc1NC(=O)COC(=O)c1cc(S(=O)(=O)N2CCCC2)ccc1Cl. The molecule has 0 radical (unpaired) electrons. The summed E-state index contributed by atoms with van der Waals surface area (Å²) in [6.07, 6.45) is 1.56. The predicted molar refractivity (Wildman–Crippen MR) is 115 cm³/mol. The number of carbonyl (C=O) groups excluding carboxylic acids is 3. The number of esters is 1. The Hall–Kier alpha value is -2.75. The molecule has 2 aromatic carbocycles. The van der Waals surface area contributed by atoms with Crippen molar-refractivity contribution in [3.63, 3.8) is 0 Å². The number of Topliss-reactive ketones (excluding diaryl/α,β-unsaturated/α-hetero) is 1. The van der Waals surface area contributed by atoms with Crippen LogP contribution in [0.25, 0.3) is 0 Å². The number of halogens is 1. The van der Waals surface area contributed by atoms with Crippen molar-refractivity contribution in [1.29, 1.82) is 0 Å². The molecule has 1 saturated heterocycles. The summed E-state index contributed by atoms with van der Waals surface area (Å²) in [4.78, 5) is 36.2. The molecular weight excluding hydrogens is 444 g/mol. The van der Waals surface area contributed by atoms with Gasteiger partial charge in [0.25, 0.3) is 5.91 Å². The van der Waals surface area contributed by atoms with Gasteiger partial charge in [-0.1, -0.05) is 23.7 Å². The molecule has 8 nitrogen and oxygen atoms in total. The number of carbonyl (C=O) groups is 3. The van der Waals surface area contributed by atoms with Crippen LogP contribution in [0.3, 0.4) is 0 Å². The van der Waals surface area contributed by atoms with E-state index in [4.69, 9.17) is 16.3 Å². The van der Waals surface area contributed by atoms with Crippen LogP contribution < -0.4 is 5.32 Å². The molecule has 2 aromatic rings. The summed E-state index contributed by atoms with van der Waals surface area (Å²) < 4.78 is 31.8. The Labute approximate surface area is 185 Å². The van der Waals surface area contributed by atoms with Gasteiger partial charge in [-0.3, -0.25) is 9.59 Å². The van der Waals surface area contributed by atoms with E-state index in [-0.39, 0.29) is 21.3 Å². The van der Waals surface area contributed by atoms with Crippen LogP contribution in [0.5, 0.6) is 0 Å². The third kappa shape index (κ3) is 5.30. The highest BCUT2D eigenvalue weighted by Gasteiger charge is 2.28. The summed E-state index contributed by atoms with van der Waals surface area (Å²) in [5, 5.41) is 2.52. The molecular formula is C21H21ClN2O6S. The monoisotopic (exact) mass is 464 g/mol. The maximum atomic E-state index is 12.7. The number of anilines is 1. The van der Waals surface area contributed by atoms with Crippen molar-refractivity contribution in [2.24, 2.45) is 0 Å². The summed E-state index contributed by atoms with van der Waals surface area (Å²) in [5.74, 6) is -1.81. The number of hydrogen-bond acceptors (Lipinski definition) is 6. The zero-order valence-corrected chi connectivity index (χ0v) is 18.3. The van der Waals surface area contributed by atoms with Gasteiger partial charge in [0.2, 0.25) is 10.0 Å². The molecule has 0 spiro atoms. The fraction of sp³-hybridized carbons (Fsp3) is 0.286. The number of benzene rings is 2. The van der Waals surface area contributed by atoms with Gasteiger partial charge < -0.3 is 10.1 Å². The van der Waals surface area contributed by atoms with E-state index in [1.54, 1.807) is 24.3 Å². The molecule has 0 aliphatic carbocycles. The summed E-state index contributed by atoms with van der Waals surface area (Å²) >= 11 is 6.05. The largest absolute Gasteiger partial charge is 0.452 e. The quantitative estimate of drug-likeness (QED) is 0.498. The van der Waals surface area contributed by atoms with E-state index in [9.17, 15) is 22.8 Å². The number of hydrogen-bond donors (Lipinski definition) is 1. The van der Waals surface area contributed by atoms with Crippen LogP contribution in [0.2, 0.25) is 5.02 Å². The smallest absolute Gasteiger partial charge is 0.340 e. The minimum Gasteiger partial charge on any atom is -0.452 e. The summed E-state index contributed by atoms with van der Waals surface area (Å²) in [5.41, 5.74) is 0.469. The van der Waals surface area contributed by atoms with E-state index in [0.29, 0.717) is 24.3 Å². The van der Waals surface area contributed by atoms with E-state index < -0.39 is 28.5 Å². The normalized spacial score (nSPS) is 14.3. The molecule has 1 N–H and O–H groups in total. The van der Waals surface area contributed by atoms with E-state index in [0.717, 1.165) is 18.9 Å². The predicted octanol–water partition coefficient (Wildman–Crippen LogP) is 3.12. The number of nitrogens with zero attached hydrogens (tertiary/aromatic N) is 1. The molecule has 164 valence electrons. The first-order chi connectivity index (χ1) is 14.7. The van der Waals surface area contributed by atoms with Gasteiger partial charge in [-0.05, 0) is 50.1 Å². The Morgan fingerprint density at radius 3 is 2.42 bits per heavy atom. The second-order valence-electron chi connectivity index (χ2n) is 6.98. The Kier molecular flexibility index (Phi) is 7.09. The maximum Gasteiger partial charge on any atom is 0.340 e. The molecule has 10 heteroatoms. The van der Waals surface area contributed by atoms with Crippen LogP contribution in [0.4, 0.5) is 5.69 Å². The van der Waals surface area contributed by atoms with Gasteiger partial charge in [0.05, 0.1) is 21.2 Å². The molecule has 1 amide bonds. The Bertz CT molecular complexity index is 1130. The average molecular weight is 465 g/mol. The number of sulfonamides is 1. The minimum atomic E-state index is -3.74. The average Bonchev–Trinajstić information content (AvgIpc) is 3.28. The lowest BCUT2D eigenvalue weighted by Gasteiger charge is -2.16. The van der Waals surface area contributed by atoms with Crippen LogP contribution in [-0.4, -0.2) is 50.1 Å². The summed E-state index contributed by atoms with van der Waals surface area (Å²) in [7, 11) is -3.74. The van der Waals surface area contributed by atoms with Gasteiger partial charge in [0, 0.05) is 18.7 Å². The number of amides is 1. The second-order valence-corrected chi connectivity index (χ2v) is 9.32. The van der Waals surface area contributed by atoms with Gasteiger partial charge in [-0.15, -0.1) is 0 Å². The Morgan fingerprint density at radius 1 is 1.06 bits per heavy atom. The Balaban J connectivity index is 1.69. The second kappa shape index (κ2) is 9.59. The molecule has 1 aliphatic rings. The fourth-order valence-electron chi connectivity index (χ4n) is 3.19. The lowest BCUT2D eigenvalue weighted by atomic mass is 10.1. The summed E-state index contributed by atoms with van der Waals surface area (Å²) in [6, 6.07) is 10.2. The number of para-hydroxylation sites is 1.